The molecule has 0 radical (unpaired) electrons. The molecule has 25 heavy (non-hydrogen) atoms. The summed E-state index contributed by atoms with van der Waals surface area (Å²) in [6.45, 7) is 3.82. The summed E-state index contributed by atoms with van der Waals surface area (Å²) in [6, 6.07) is 1.77. The summed E-state index contributed by atoms with van der Waals surface area (Å²) < 4.78 is 39.0. The van der Waals surface area contributed by atoms with Crippen LogP contribution in [0.5, 0.6) is 0 Å². The highest BCUT2D eigenvalue weighted by Crippen LogP contribution is 2.36. The van der Waals surface area contributed by atoms with Crippen LogP contribution in [0.2, 0.25) is 0 Å². The third-order valence-electron chi connectivity index (χ3n) is 4.25. The van der Waals surface area contributed by atoms with E-state index in [9.17, 15) is 18.0 Å². The van der Waals surface area contributed by atoms with Gasteiger partial charge in [0.25, 0.3) is 0 Å². The van der Waals surface area contributed by atoms with Crippen molar-refractivity contribution in [2.24, 2.45) is 5.92 Å². The number of hydrogen-bond acceptors (Lipinski definition) is 4. The Hall–Kier alpha value is -2.45. The summed E-state index contributed by atoms with van der Waals surface area (Å²) in [6.07, 6.45) is -3.62. The molecule has 0 saturated heterocycles. The van der Waals surface area contributed by atoms with E-state index in [2.05, 4.69) is 25.5 Å². The third kappa shape index (κ3) is 3.80. The van der Waals surface area contributed by atoms with Crippen molar-refractivity contribution >= 4 is 5.91 Å². The highest BCUT2D eigenvalue weighted by atomic mass is 19.4. The number of fused-ring (bicyclic) bond motifs is 1. The third-order valence-corrected chi connectivity index (χ3v) is 4.25. The predicted octanol–water partition coefficient (Wildman–Crippen LogP) is 2.26. The van der Waals surface area contributed by atoms with E-state index in [1.807, 2.05) is 6.92 Å². The fourth-order valence-corrected chi connectivity index (χ4v) is 3.16. The summed E-state index contributed by atoms with van der Waals surface area (Å²) in [5, 5.41) is 8.58. The van der Waals surface area contributed by atoms with E-state index < -0.39 is 17.8 Å². The highest BCUT2D eigenvalue weighted by molar-refractivity contribution is 5.79. The molecule has 2 N–H and O–H groups in total. The summed E-state index contributed by atoms with van der Waals surface area (Å²) in [5.74, 6) is -0.163. The number of alkyl halides is 3. The van der Waals surface area contributed by atoms with Gasteiger partial charge < -0.3 is 5.32 Å². The molecule has 0 aliphatic heterocycles. The van der Waals surface area contributed by atoms with E-state index in [0.29, 0.717) is 30.1 Å². The first-order valence-corrected chi connectivity index (χ1v) is 7.96. The molecule has 0 unspecified atom stereocenters. The lowest BCUT2D eigenvalue weighted by molar-refractivity contribution is -0.142. The minimum atomic E-state index is -4.52. The predicted molar refractivity (Wildman–Crippen MR) is 82.5 cm³/mol. The Morgan fingerprint density at radius 2 is 2.12 bits per heavy atom. The van der Waals surface area contributed by atoms with Crippen molar-refractivity contribution in [3.63, 3.8) is 0 Å². The Kier molecular flexibility index (Phi) is 4.49. The highest BCUT2D eigenvalue weighted by Gasteiger charge is 2.40. The number of nitrogens with zero attached hydrogens (tertiary/aromatic N) is 3. The van der Waals surface area contributed by atoms with Crippen LogP contribution in [0.3, 0.4) is 0 Å². The Morgan fingerprint density at radius 1 is 1.36 bits per heavy atom. The maximum atomic E-state index is 13.0. The molecule has 1 aliphatic carbocycles. The monoisotopic (exact) mass is 353 g/mol. The van der Waals surface area contributed by atoms with E-state index in [1.165, 1.54) is 0 Å². The maximum absolute atomic E-state index is 13.0. The van der Waals surface area contributed by atoms with Crippen LogP contribution in [0.25, 0.3) is 0 Å². The number of aromatic nitrogens is 4. The first-order chi connectivity index (χ1) is 11.7. The number of rotatable bonds is 3. The van der Waals surface area contributed by atoms with Gasteiger partial charge in [-0.3, -0.25) is 9.89 Å². The number of carbonyl (C=O) groups is 1. The van der Waals surface area contributed by atoms with Crippen LogP contribution in [0, 0.1) is 19.8 Å². The van der Waals surface area contributed by atoms with Crippen molar-refractivity contribution in [1.29, 1.82) is 0 Å². The first-order valence-electron chi connectivity index (χ1n) is 7.96. The Labute approximate surface area is 142 Å². The summed E-state index contributed by atoms with van der Waals surface area (Å²) in [4.78, 5) is 20.8. The van der Waals surface area contributed by atoms with Crippen molar-refractivity contribution in [2.45, 2.75) is 45.8 Å². The van der Waals surface area contributed by atoms with Crippen LogP contribution in [0.15, 0.2) is 6.07 Å². The van der Waals surface area contributed by atoms with Gasteiger partial charge in [-0.15, -0.1) is 0 Å². The largest absolute Gasteiger partial charge is 0.435 e. The number of halogens is 3. The van der Waals surface area contributed by atoms with Gasteiger partial charge in [0.05, 0.1) is 12.2 Å². The van der Waals surface area contributed by atoms with Gasteiger partial charge in [-0.1, -0.05) is 0 Å². The fourth-order valence-electron chi connectivity index (χ4n) is 3.16. The van der Waals surface area contributed by atoms with Gasteiger partial charge in [-0.25, -0.2) is 9.97 Å². The van der Waals surface area contributed by atoms with Crippen LogP contribution in [0.1, 0.15) is 40.6 Å². The van der Waals surface area contributed by atoms with E-state index in [0.717, 1.165) is 5.69 Å². The molecule has 1 aliphatic rings. The molecule has 0 bridgehead atoms. The second kappa shape index (κ2) is 6.45. The van der Waals surface area contributed by atoms with Crippen LogP contribution in [-0.2, 0) is 30.4 Å². The van der Waals surface area contributed by atoms with Gasteiger partial charge in [-0.05, 0) is 39.2 Å². The number of aromatic amines is 1. The lowest BCUT2D eigenvalue weighted by atomic mass is 9.85. The van der Waals surface area contributed by atoms with Gasteiger partial charge in [0.15, 0.2) is 5.69 Å². The maximum Gasteiger partial charge on any atom is 0.435 e. The topological polar surface area (TPSA) is 83.6 Å². The van der Waals surface area contributed by atoms with Gasteiger partial charge in [-0.2, -0.15) is 18.3 Å². The molecule has 0 aromatic carbocycles. The van der Waals surface area contributed by atoms with Gasteiger partial charge in [0.2, 0.25) is 5.91 Å². The zero-order valence-corrected chi connectivity index (χ0v) is 13.9. The van der Waals surface area contributed by atoms with Crippen molar-refractivity contribution < 1.29 is 18.0 Å². The molecule has 2 aromatic rings. The molecule has 3 rings (SSSR count). The van der Waals surface area contributed by atoms with Crippen molar-refractivity contribution in [3.8, 4) is 0 Å². The summed E-state index contributed by atoms with van der Waals surface area (Å²) in [7, 11) is 0. The van der Waals surface area contributed by atoms with Crippen LogP contribution >= 0.6 is 0 Å². The summed E-state index contributed by atoms with van der Waals surface area (Å²) >= 11 is 0. The molecule has 1 atom stereocenters. The Balaban J connectivity index is 1.67. The molecule has 9 heteroatoms. The lowest BCUT2D eigenvalue weighted by Gasteiger charge is -2.22. The van der Waals surface area contributed by atoms with E-state index >= 15 is 0 Å². The molecule has 2 aromatic heterocycles. The van der Waals surface area contributed by atoms with Crippen molar-refractivity contribution in [2.75, 3.05) is 0 Å². The molecule has 0 fully saturated rings. The van der Waals surface area contributed by atoms with E-state index in [-0.39, 0.29) is 24.4 Å². The molecule has 0 spiro atoms. The molecular formula is C16H18F3N5O. The van der Waals surface area contributed by atoms with E-state index in [4.69, 9.17) is 0 Å². The second-order valence-electron chi connectivity index (χ2n) is 6.23. The number of carbonyl (C=O) groups excluding carboxylic acids is 1. The van der Waals surface area contributed by atoms with Crippen molar-refractivity contribution in [1.82, 2.24) is 25.5 Å². The fraction of sp³-hybridized carbons (Fsp3) is 0.500. The van der Waals surface area contributed by atoms with Gasteiger partial charge in [0, 0.05) is 22.9 Å². The molecule has 134 valence electrons. The molecule has 1 amide bonds. The van der Waals surface area contributed by atoms with Crippen LogP contribution in [0.4, 0.5) is 13.2 Å². The zero-order chi connectivity index (χ0) is 18.2. The smallest absolute Gasteiger partial charge is 0.350 e. The number of aryl methyl sites for hydroxylation is 3. The minimum absolute atomic E-state index is 0.0361. The quantitative estimate of drug-likeness (QED) is 0.887. The number of H-pyrrole nitrogens is 1. The summed E-state index contributed by atoms with van der Waals surface area (Å²) in [5.41, 5.74) is 1.13. The minimum Gasteiger partial charge on any atom is -0.350 e. The van der Waals surface area contributed by atoms with E-state index in [1.54, 1.807) is 13.0 Å². The zero-order valence-electron chi connectivity index (χ0n) is 13.9. The second-order valence-corrected chi connectivity index (χ2v) is 6.23. The molecular weight excluding hydrogens is 335 g/mol. The Bertz CT molecular complexity index is 779. The van der Waals surface area contributed by atoms with Crippen LogP contribution < -0.4 is 5.32 Å². The Morgan fingerprint density at radius 3 is 2.80 bits per heavy atom. The average molecular weight is 353 g/mol. The molecule has 0 saturated carbocycles. The molecule has 2 heterocycles. The average Bonchev–Trinajstić information content (AvgIpc) is 2.94. The first kappa shape index (κ1) is 17.4. The standard InChI is InChI=1S/C16H18F3N5O/c1-8-5-11(22-9(2)21-8)7-20-15(25)10-3-4-13-12(6-10)14(24-23-13)16(17,18)19/h5,10H,3-4,6-7H2,1-2H3,(H,20,25)(H,23,24)/t10-/m1/s1. The van der Waals surface area contributed by atoms with Gasteiger partial charge in [0.1, 0.15) is 5.82 Å². The number of nitrogens with one attached hydrogen (secondary N) is 2. The van der Waals surface area contributed by atoms with Gasteiger partial charge >= 0.3 is 6.18 Å². The van der Waals surface area contributed by atoms with Crippen LogP contribution in [-0.4, -0.2) is 26.1 Å². The number of amides is 1. The molecule has 6 nitrogen and oxygen atoms in total. The van der Waals surface area contributed by atoms with Crippen molar-refractivity contribution in [3.05, 3.63) is 40.2 Å². The normalized spacial score (nSPS) is 17.2. The number of hydrogen-bond donors (Lipinski definition) is 2. The lowest BCUT2D eigenvalue weighted by Crippen LogP contribution is -2.34. The SMILES string of the molecule is Cc1cc(CNC(=O)[C@@H]2CCc3[nH]nc(C(F)(F)F)c3C2)nc(C)n1.